The monoisotopic (exact) mass is 547 g/mol. The Labute approximate surface area is 239 Å². The molecular weight excluding hydrogens is 514 g/mol. The lowest BCUT2D eigenvalue weighted by molar-refractivity contribution is 0.105. The molecule has 2 atom stereocenters. The van der Waals surface area contributed by atoms with Crippen molar-refractivity contribution >= 4 is 28.9 Å². The number of hydrogen-bond acceptors (Lipinski definition) is 7. The second-order valence-corrected chi connectivity index (χ2v) is 11.3. The Balaban J connectivity index is 1.36. The number of benzene rings is 2. The largest absolute Gasteiger partial charge is 0.383 e. The second-order valence-electron chi connectivity index (χ2n) is 10.3. The minimum atomic E-state index is 0.441. The van der Waals surface area contributed by atoms with Crippen molar-refractivity contribution in [3.8, 4) is 28.3 Å². The van der Waals surface area contributed by atoms with Gasteiger partial charge < -0.3 is 5.73 Å². The molecule has 40 heavy (non-hydrogen) atoms. The Bertz CT molecular complexity index is 1620. The van der Waals surface area contributed by atoms with Crippen molar-refractivity contribution in [3.63, 3.8) is 0 Å². The highest BCUT2D eigenvalue weighted by molar-refractivity contribution is 7.99. The Kier molecular flexibility index (Phi) is 7.38. The lowest BCUT2D eigenvalue weighted by Gasteiger charge is -2.43. The van der Waals surface area contributed by atoms with E-state index in [2.05, 4.69) is 75.6 Å². The number of aromatic nitrogens is 4. The van der Waals surface area contributed by atoms with E-state index in [9.17, 15) is 0 Å². The van der Waals surface area contributed by atoms with E-state index in [4.69, 9.17) is 15.7 Å². The topological polar surface area (TPSA) is 76.1 Å². The molecule has 0 amide bonds. The third-order valence-corrected chi connectivity index (χ3v) is 8.48. The second kappa shape index (κ2) is 11.3. The standard InChI is InChI=1S/C32H33N7S/c1-4-40-39-22(2)19-37(20-23(39)3)21-24-12-14-26(15-13-24)38-31(27-11-8-18-34-30(27)33)36-29-17-16-28(35-32(29)38)25-9-6-5-7-10-25/h4-18,22-23H,1,19-21H2,2-3H3,(H2,33,34). The van der Waals surface area contributed by atoms with Crippen LogP contribution in [0.15, 0.2) is 97.0 Å². The molecule has 202 valence electrons. The van der Waals surface area contributed by atoms with Crippen molar-refractivity contribution in [1.82, 2.24) is 28.7 Å². The maximum Gasteiger partial charge on any atom is 0.165 e. The van der Waals surface area contributed by atoms with Gasteiger partial charge in [-0.25, -0.2) is 19.3 Å². The van der Waals surface area contributed by atoms with E-state index < -0.39 is 0 Å². The first-order chi connectivity index (χ1) is 19.5. The highest BCUT2D eigenvalue weighted by atomic mass is 32.2. The first-order valence-electron chi connectivity index (χ1n) is 13.6. The number of fused-ring (bicyclic) bond motifs is 1. The van der Waals surface area contributed by atoms with Crippen molar-refractivity contribution < 1.29 is 0 Å². The Hall–Kier alpha value is -3.98. The Morgan fingerprint density at radius 2 is 1.68 bits per heavy atom. The van der Waals surface area contributed by atoms with Gasteiger partial charge in [0.25, 0.3) is 0 Å². The Morgan fingerprint density at radius 1 is 0.925 bits per heavy atom. The number of nitrogens with zero attached hydrogens (tertiary/aromatic N) is 6. The summed E-state index contributed by atoms with van der Waals surface area (Å²) in [5.74, 6) is 1.17. The van der Waals surface area contributed by atoms with Gasteiger partial charge in [0.05, 0.1) is 11.3 Å². The fraction of sp³-hybridized carbons (Fsp3) is 0.219. The number of imidazole rings is 1. The molecule has 5 aromatic rings. The van der Waals surface area contributed by atoms with Crippen molar-refractivity contribution in [3.05, 3.63) is 103 Å². The minimum Gasteiger partial charge on any atom is -0.383 e. The Morgan fingerprint density at radius 3 is 2.38 bits per heavy atom. The molecule has 7 nitrogen and oxygen atoms in total. The third-order valence-electron chi connectivity index (χ3n) is 7.36. The van der Waals surface area contributed by atoms with E-state index in [-0.39, 0.29) is 0 Å². The number of nitrogen functional groups attached to an aromatic ring is 1. The lowest BCUT2D eigenvalue weighted by Crippen LogP contribution is -2.53. The molecule has 0 spiro atoms. The average molecular weight is 548 g/mol. The molecule has 1 fully saturated rings. The van der Waals surface area contributed by atoms with Gasteiger partial charge in [-0.3, -0.25) is 9.47 Å². The predicted octanol–water partition coefficient (Wildman–Crippen LogP) is 6.42. The van der Waals surface area contributed by atoms with Gasteiger partial charge >= 0.3 is 0 Å². The number of anilines is 1. The van der Waals surface area contributed by atoms with Crippen LogP contribution in [0.25, 0.3) is 39.5 Å². The SMILES string of the molecule is C=CSN1C(C)CN(Cc2ccc(-n3c(-c4cccnc4N)nc4ccc(-c5ccccc5)nc43)cc2)CC1C. The fourth-order valence-electron chi connectivity index (χ4n) is 5.61. The third kappa shape index (κ3) is 5.13. The number of piperazine rings is 1. The van der Waals surface area contributed by atoms with Gasteiger partial charge in [0.2, 0.25) is 0 Å². The summed E-state index contributed by atoms with van der Waals surface area (Å²) in [6.07, 6.45) is 1.70. The molecule has 1 saturated heterocycles. The van der Waals surface area contributed by atoms with Crippen molar-refractivity contribution in [2.75, 3.05) is 18.8 Å². The van der Waals surface area contributed by atoms with Crippen LogP contribution in [0, 0.1) is 0 Å². The van der Waals surface area contributed by atoms with Crippen molar-refractivity contribution in [2.45, 2.75) is 32.5 Å². The van der Waals surface area contributed by atoms with E-state index >= 15 is 0 Å². The first kappa shape index (κ1) is 26.3. The van der Waals surface area contributed by atoms with E-state index in [0.717, 1.165) is 59.1 Å². The molecular formula is C32H33N7S. The van der Waals surface area contributed by atoms with Crippen LogP contribution < -0.4 is 5.73 Å². The zero-order chi connectivity index (χ0) is 27.6. The van der Waals surface area contributed by atoms with E-state index in [0.29, 0.717) is 17.9 Å². The number of nitrogens with two attached hydrogens (primary N) is 1. The van der Waals surface area contributed by atoms with Crippen LogP contribution in [0.4, 0.5) is 5.82 Å². The average Bonchev–Trinajstić information content (AvgIpc) is 3.35. The van der Waals surface area contributed by atoms with Gasteiger partial charge in [-0.15, -0.1) is 0 Å². The predicted molar refractivity (Wildman–Crippen MR) is 166 cm³/mol. The van der Waals surface area contributed by atoms with Crippen LogP contribution in [0.5, 0.6) is 0 Å². The molecule has 0 radical (unpaired) electrons. The molecule has 2 aromatic carbocycles. The van der Waals surface area contributed by atoms with Gasteiger partial charge in [-0.1, -0.05) is 61.0 Å². The zero-order valence-electron chi connectivity index (χ0n) is 22.8. The molecule has 6 rings (SSSR count). The van der Waals surface area contributed by atoms with E-state index in [1.807, 2.05) is 47.9 Å². The molecule has 8 heteroatoms. The number of rotatable bonds is 7. The molecule has 4 heterocycles. The normalized spacial score (nSPS) is 18.2. The van der Waals surface area contributed by atoms with Crippen molar-refractivity contribution in [1.29, 1.82) is 0 Å². The van der Waals surface area contributed by atoms with E-state index in [1.165, 1.54) is 5.56 Å². The van der Waals surface area contributed by atoms with Crippen LogP contribution in [-0.4, -0.2) is 53.9 Å². The molecule has 2 unspecified atom stereocenters. The summed E-state index contributed by atoms with van der Waals surface area (Å²) in [6.45, 7) is 11.4. The van der Waals surface area contributed by atoms with E-state index in [1.54, 1.807) is 18.1 Å². The quantitative estimate of drug-likeness (QED) is 0.236. The van der Waals surface area contributed by atoms with Gasteiger partial charge in [0, 0.05) is 49.2 Å². The summed E-state index contributed by atoms with van der Waals surface area (Å²) in [7, 11) is 0. The summed E-state index contributed by atoms with van der Waals surface area (Å²) in [6, 6.07) is 27.7. The molecule has 3 aromatic heterocycles. The lowest BCUT2D eigenvalue weighted by atomic mass is 10.1. The van der Waals surface area contributed by atoms with Crippen LogP contribution in [0.3, 0.4) is 0 Å². The van der Waals surface area contributed by atoms with Crippen LogP contribution in [0.2, 0.25) is 0 Å². The molecule has 0 saturated carbocycles. The van der Waals surface area contributed by atoms with Gasteiger partial charge in [-0.2, -0.15) is 0 Å². The summed E-state index contributed by atoms with van der Waals surface area (Å²) in [4.78, 5) is 16.9. The van der Waals surface area contributed by atoms with Gasteiger partial charge in [0.15, 0.2) is 11.5 Å². The first-order valence-corrected chi connectivity index (χ1v) is 14.4. The van der Waals surface area contributed by atoms with Crippen LogP contribution in [0.1, 0.15) is 19.4 Å². The zero-order valence-corrected chi connectivity index (χ0v) is 23.6. The highest BCUT2D eigenvalue weighted by Gasteiger charge is 2.29. The maximum absolute atomic E-state index is 6.32. The fourth-order valence-corrected chi connectivity index (χ4v) is 6.33. The van der Waals surface area contributed by atoms with Gasteiger partial charge in [-0.05, 0) is 61.2 Å². The number of hydrogen-bond donors (Lipinski definition) is 1. The van der Waals surface area contributed by atoms with Gasteiger partial charge in [0.1, 0.15) is 11.3 Å². The molecule has 1 aliphatic rings. The highest BCUT2D eigenvalue weighted by Crippen LogP contribution is 2.32. The smallest absolute Gasteiger partial charge is 0.165 e. The number of pyridine rings is 2. The molecule has 0 bridgehead atoms. The summed E-state index contributed by atoms with van der Waals surface area (Å²) in [5.41, 5.74) is 12.9. The molecule has 2 N–H and O–H groups in total. The maximum atomic E-state index is 6.32. The summed E-state index contributed by atoms with van der Waals surface area (Å²) in [5, 5.41) is 1.92. The molecule has 1 aliphatic heterocycles. The molecule has 0 aliphatic carbocycles. The van der Waals surface area contributed by atoms with Crippen LogP contribution >= 0.6 is 11.9 Å². The summed E-state index contributed by atoms with van der Waals surface area (Å²) < 4.78 is 4.54. The van der Waals surface area contributed by atoms with Crippen molar-refractivity contribution in [2.24, 2.45) is 0 Å². The minimum absolute atomic E-state index is 0.441. The summed E-state index contributed by atoms with van der Waals surface area (Å²) >= 11 is 1.72. The van der Waals surface area contributed by atoms with Crippen LogP contribution in [-0.2, 0) is 6.54 Å².